The third kappa shape index (κ3) is 1.18. The van der Waals surface area contributed by atoms with Gasteiger partial charge in [0, 0.05) is 26.6 Å². The van der Waals surface area contributed by atoms with Gasteiger partial charge in [-0.25, -0.2) is 9.78 Å². The highest BCUT2D eigenvalue weighted by atomic mass is 16.2. The molecule has 0 aliphatic carbocycles. The summed E-state index contributed by atoms with van der Waals surface area (Å²) < 4.78 is 4.78. The lowest BCUT2D eigenvalue weighted by atomic mass is 10.3. The largest absolute Gasteiger partial charge is 0.332 e. The Morgan fingerprint density at radius 1 is 1.24 bits per heavy atom. The van der Waals surface area contributed by atoms with E-state index in [1.807, 2.05) is 4.57 Å². The molecule has 0 aromatic carbocycles. The van der Waals surface area contributed by atoms with Crippen LogP contribution in [0, 0.1) is 0 Å². The molecule has 0 bridgehead atoms. The van der Waals surface area contributed by atoms with Crippen molar-refractivity contribution < 1.29 is 0 Å². The summed E-state index contributed by atoms with van der Waals surface area (Å²) in [6.07, 6.45) is 1.82. The summed E-state index contributed by atoms with van der Waals surface area (Å²) in [7, 11) is 1.50. The Labute approximate surface area is 97.1 Å². The Balaban J connectivity index is 2.49. The Kier molecular flexibility index (Phi) is 2.01. The van der Waals surface area contributed by atoms with E-state index in [0.29, 0.717) is 17.7 Å². The fourth-order valence-corrected chi connectivity index (χ4v) is 2.47. The summed E-state index contributed by atoms with van der Waals surface area (Å²) in [6.45, 7) is 3.45. The number of rotatable bonds is 2. The maximum Gasteiger partial charge on any atom is 0.332 e. The summed E-state index contributed by atoms with van der Waals surface area (Å²) in [5.41, 5.74) is 0.582. The predicted molar refractivity (Wildman–Crippen MR) is 63.2 cm³/mol. The van der Waals surface area contributed by atoms with E-state index in [4.69, 9.17) is 0 Å². The van der Waals surface area contributed by atoms with E-state index in [0.717, 1.165) is 29.8 Å². The lowest BCUT2D eigenvalue weighted by Crippen LogP contribution is -2.37. The molecular formula is C11H14N4O2. The van der Waals surface area contributed by atoms with E-state index in [9.17, 15) is 9.59 Å². The molecule has 0 radical (unpaired) electrons. The highest BCUT2D eigenvalue weighted by Crippen LogP contribution is 2.18. The second-order valence-corrected chi connectivity index (χ2v) is 4.40. The molecule has 0 unspecified atom stereocenters. The number of aryl methyl sites for hydroxylation is 3. The molecule has 90 valence electrons. The molecule has 0 amide bonds. The minimum absolute atomic E-state index is 0.246. The van der Waals surface area contributed by atoms with Gasteiger partial charge in [-0.15, -0.1) is 0 Å². The van der Waals surface area contributed by atoms with Crippen molar-refractivity contribution in [3.05, 3.63) is 26.7 Å². The molecular weight excluding hydrogens is 220 g/mol. The van der Waals surface area contributed by atoms with E-state index >= 15 is 0 Å². The van der Waals surface area contributed by atoms with Gasteiger partial charge in [-0.05, 0) is 6.42 Å². The first-order chi connectivity index (χ1) is 8.15. The summed E-state index contributed by atoms with van der Waals surface area (Å²) in [5.74, 6) is 0.913. The quantitative estimate of drug-likeness (QED) is 0.726. The SMILES string of the molecule is CCCc1nc2c(=O)n(C)c(=O)n3c2n1CC3. The van der Waals surface area contributed by atoms with Crippen molar-refractivity contribution in [2.75, 3.05) is 0 Å². The Morgan fingerprint density at radius 2 is 1.94 bits per heavy atom. The highest BCUT2D eigenvalue weighted by molar-refractivity contribution is 5.71. The zero-order chi connectivity index (χ0) is 12.2. The van der Waals surface area contributed by atoms with Gasteiger partial charge in [0.25, 0.3) is 5.56 Å². The summed E-state index contributed by atoms with van der Waals surface area (Å²) in [4.78, 5) is 28.3. The summed E-state index contributed by atoms with van der Waals surface area (Å²) in [5, 5.41) is 0. The van der Waals surface area contributed by atoms with Crippen molar-refractivity contribution in [1.82, 2.24) is 18.7 Å². The second kappa shape index (κ2) is 3.32. The molecule has 3 rings (SSSR count). The van der Waals surface area contributed by atoms with Gasteiger partial charge in [0.05, 0.1) is 0 Å². The molecule has 0 N–H and O–H groups in total. The number of aromatic nitrogens is 4. The van der Waals surface area contributed by atoms with Gasteiger partial charge in [-0.1, -0.05) is 6.92 Å². The van der Waals surface area contributed by atoms with Crippen LogP contribution in [0.1, 0.15) is 19.2 Å². The van der Waals surface area contributed by atoms with Crippen LogP contribution in [0.3, 0.4) is 0 Å². The molecule has 2 aromatic rings. The van der Waals surface area contributed by atoms with E-state index in [-0.39, 0.29) is 11.2 Å². The van der Waals surface area contributed by atoms with E-state index in [2.05, 4.69) is 11.9 Å². The van der Waals surface area contributed by atoms with Crippen LogP contribution < -0.4 is 11.2 Å². The van der Waals surface area contributed by atoms with Crippen LogP contribution in [0.25, 0.3) is 11.2 Å². The zero-order valence-corrected chi connectivity index (χ0v) is 9.93. The fourth-order valence-electron chi connectivity index (χ4n) is 2.47. The minimum Gasteiger partial charge on any atom is -0.312 e. The van der Waals surface area contributed by atoms with Crippen LogP contribution in [0.15, 0.2) is 9.59 Å². The standard InChI is InChI=1S/C11H14N4O2/c1-3-4-7-12-8-9-14(7)5-6-15(9)11(17)13(2)10(8)16/h3-6H2,1-2H3. The van der Waals surface area contributed by atoms with Crippen molar-refractivity contribution in [1.29, 1.82) is 0 Å². The second-order valence-electron chi connectivity index (χ2n) is 4.40. The molecule has 0 atom stereocenters. The molecule has 17 heavy (non-hydrogen) atoms. The van der Waals surface area contributed by atoms with Crippen LogP contribution >= 0.6 is 0 Å². The third-order valence-corrected chi connectivity index (χ3v) is 3.32. The molecule has 3 heterocycles. The first-order valence-corrected chi connectivity index (χ1v) is 5.84. The van der Waals surface area contributed by atoms with Gasteiger partial charge in [0.2, 0.25) is 0 Å². The maximum atomic E-state index is 12.0. The molecule has 1 aliphatic rings. The number of nitrogens with zero attached hydrogens (tertiary/aromatic N) is 4. The van der Waals surface area contributed by atoms with Gasteiger partial charge in [0.1, 0.15) is 11.5 Å². The summed E-state index contributed by atoms with van der Waals surface area (Å²) >= 11 is 0. The Hall–Kier alpha value is -1.85. The molecule has 0 fully saturated rings. The molecule has 6 nitrogen and oxygen atoms in total. The lowest BCUT2D eigenvalue weighted by molar-refractivity contribution is 0.605. The molecule has 6 heteroatoms. The van der Waals surface area contributed by atoms with Gasteiger partial charge < -0.3 is 4.57 Å². The monoisotopic (exact) mass is 234 g/mol. The van der Waals surface area contributed by atoms with E-state index in [1.165, 1.54) is 7.05 Å². The molecule has 1 aliphatic heterocycles. The molecule has 0 spiro atoms. The van der Waals surface area contributed by atoms with Crippen molar-refractivity contribution in [2.45, 2.75) is 32.9 Å². The zero-order valence-electron chi connectivity index (χ0n) is 9.93. The number of imidazole rings is 1. The number of hydrogen-bond donors (Lipinski definition) is 0. The number of hydrogen-bond acceptors (Lipinski definition) is 3. The lowest BCUT2D eigenvalue weighted by Gasteiger charge is -2.01. The van der Waals surface area contributed by atoms with Crippen molar-refractivity contribution in [3.8, 4) is 0 Å². The van der Waals surface area contributed by atoms with E-state index < -0.39 is 0 Å². The van der Waals surface area contributed by atoms with Crippen molar-refractivity contribution in [2.24, 2.45) is 7.05 Å². The smallest absolute Gasteiger partial charge is 0.312 e. The highest BCUT2D eigenvalue weighted by Gasteiger charge is 2.23. The van der Waals surface area contributed by atoms with Gasteiger partial charge >= 0.3 is 5.69 Å². The molecule has 0 saturated carbocycles. The predicted octanol–water partition coefficient (Wildman–Crippen LogP) is -0.137. The van der Waals surface area contributed by atoms with Crippen LogP contribution in [0.2, 0.25) is 0 Å². The third-order valence-electron chi connectivity index (χ3n) is 3.32. The topological polar surface area (TPSA) is 61.8 Å². The van der Waals surface area contributed by atoms with Gasteiger partial charge in [-0.2, -0.15) is 0 Å². The Bertz CT molecular complexity index is 720. The van der Waals surface area contributed by atoms with Crippen molar-refractivity contribution >= 4 is 11.2 Å². The minimum atomic E-state index is -0.292. The maximum absolute atomic E-state index is 12.0. The van der Waals surface area contributed by atoms with Crippen LogP contribution in [0.5, 0.6) is 0 Å². The first-order valence-electron chi connectivity index (χ1n) is 5.84. The fraction of sp³-hybridized carbons (Fsp3) is 0.545. The van der Waals surface area contributed by atoms with Crippen molar-refractivity contribution in [3.63, 3.8) is 0 Å². The van der Waals surface area contributed by atoms with E-state index in [1.54, 1.807) is 4.57 Å². The molecule has 0 saturated heterocycles. The Morgan fingerprint density at radius 3 is 2.65 bits per heavy atom. The summed E-state index contributed by atoms with van der Waals surface area (Å²) in [6, 6.07) is 0. The normalized spacial score (nSPS) is 13.8. The van der Waals surface area contributed by atoms with Crippen LogP contribution in [0.4, 0.5) is 0 Å². The average molecular weight is 234 g/mol. The first kappa shape index (κ1) is 10.3. The average Bonchev–Trinajstić information content (AvgIpc) is 2.87. The van der Waals surface area contributed by atoms with Gasteiger partial charge in [0.15, 0.2) is 5.52 Å². The van der Waals surface area contributed by atoms with Crippen LogP contribution in [-0.2, 0) is 26.6 Å². The molecule has 2 aromatic heterocycles. The van der Waals surface area contributed by atoms with Gasteiger partial charge in [-0.3, -0.25) is 13.9 Å². The van der Waals surface area contributed by atoms with Crippen LogP contribution in [-0.4, -0.2) is 18.7 Å².